The van der Waals surface area contributed by atoms with Gasteiger partial charge in [-0.25, -0.2) is 14.7 Å². The normalized spacial score (nSPS) is 11.2. The van der Waals surface area contributed by atoms with E-state index in [4.69, 9.17) is 13.9 Å². The van der Waals surface area contributed by atoms with Gasteiger partial charge in [0.05, 0.1) is 6.61 Å². The smallest absolute Gasteiger partial charge is 0.374 e. The molecule has 150 valence electrons. The molecule has 3 rings (SSSR count). The van der Waals surface area contributed by atoms with Crippen LogP contribution in [0.15, 0.2) is 37.0 Å². The monoisotopic (exact) mass is 469 g/mol. The first-order valence-corrected chi connectivity index (χ1v) is 10.5. The Hall–Kier alpha value is -2.04. The van der Waals surface area contributed by atoms with E-state index in [2.05, 4.69) is 26.1 Å². The van der Waals surface area contributed by atoms with Crippen LogP contribution in [0.1, 0.15) is 29.5 Å². The number of aromatic amines is 1. The van der Waals surface area contributed by atoms with Gasteiger partial charge >= 0.3 is 11.7 Å². The SMILES string of the molecule is CCOC(=O)c1oc2ccc(Br)cc2c1CSc1n[nH]c(=O)n1CCCOC. The molecule has 0 saturated heterocycles. The van der Waals surface area contributed by atoms with Gasteiger partial charge in [0, 0.05) is 41.4 Å². The van der Waals surface area contributed by atoms with Crippen LogP contribution in [-0.2, 0) is 21.8 Å². The van der Waals surface area contributed by atoms with Gasteiger partial charge in [-0.05, 0) is 31.5 Å². The van der Waals surface area contributed by atoms with Crippen molar-refractivity contribution in [1.29, 1.82) is 0 Å². The van der Waals surface area contributed by atoms with Crippen molar-refractivity contribution in [2.75, 3.05) is 20.3 Å². The highest BCUT2D eigenvalue weighted by atomic mass is 79.9. The highest BCUT2D eigenvalue weighted by Crippen LogP contribution is 2.33. The molecule has 2 heterocycles. The Labute approximate surface area is 173 Å². The van der Waals surface area contributed by atoms with E-state index in [1.54, 1.807) is 24.7 Å². The number of nitrogens with zero attached hydrogens (tertiary/aromatic N) is 2. The molecule has 8 nitrogen and oxygen atoms in total. The van der Waals surface area contributed by atoms with Gasteiger partial charge in [-0.2, -0.15) is 0 Å². The molecular formula is C18H20BrN3O5S. The molecule has 0 radical (unpaired) electrons. The fourth-order valence-corrected chi connectivity index (χ4v) is 4.10. The first-order chi connectivity index (χ1) is 13.5. The van der Waals surface area contributed by atoms with Gasteiger partial charge in [0.1, 0.15) is 5.58 Å². The van der Waals surface area contributed by atoms with Crippen molar-refractivity contribution in [3.05, 3.63) is 44.5 Å². The lowest BCUT2D eigenvalue weighted by molar-refractivity contribution is 0.0491. The third kappa shape index (κ3) is 4.50. The number of hydrogen-bond donors (Lipinski definition) is 1. The number of carbonyl (C=O) groups excluding carboxylic acids is 1. The molecule has 2 aromatic heterocycles. The maximum atomic E-state index is 12.3. The van der Waals surface area contributed by atoms with E-state index in [0.29, 0.717) is 41.6 Å². The largest absolute Gasteiger partial charge is 0.460 e. The molecule has 0 atom stereocenters. The summed E-state index contributed by atoms with van der Waals surface area (Å²) in [7, 11) is 1.62. The molecule has 0 unspecified atom stereocenters. The summed E-state index contributed by atoms with van der Waals surface area (Å²) in [6, 6.07) is 5.54. The van der Waals surface area contributed by atoms with E-state index in [0.717, 1.165) is 9.86 Å². The van der Waals surface area contributed by atoms with E-state index in [1.165, 1.54) is 11.8 Å². The lowest BCUT2D eigenvalue weighted by atomic mass is 10.1. The molecular weight excluding hydrogens is 450 g/mol. The molecule has 0 bridgehead atoms. The average Bonchev–Trinajstić information content (AvgIpc) is 3.21. The van der Waals surface area contributed by atoms with Crippen molar-refractivity contribution in [2.45, 2.75) is 30.8 Å². The summed E-state index contributed by atoms with van der Waals surface area (Å²) < 4.78 is 18.4. The lowest BCUT2D eigenvalue weighted by Gasteiger charge is -2.06. The molecule has 28 heavy (non-hydrogen) atoms. The minimum absolute atomic E-state index is 0.172. The Kier molecular flexibility index (Phi) is 6.97. The van der Waals surface area contributed by atoms with Crippen molar-refractivity contribution in [3.8, 4) is 0 Å². The number of H-pyrrole nitrogens is 1. The molecule has 3 aromatic rings. The number of hydrogen-bond acceptors (Lipinski definition) is 7. The molecule has 0 saturated carbocycles. The van der Waals surface area contributed by atoms with Gasteiger partial charge in [-0.15, -0.1) is 5.10 Å². The molecule has 1 aromatic carbocycles. The van der Waals surface area contributed by atoms with Crippen LogP contribution in [0.5, 0.6) is 0 Å². The van der Waals surface area contributed by atoms with Crippen molar-refractivity contribution in [1.82, 2.24) is 14.8 Å². The number of rotatable bonds is 9. The summed E-state index contributed by atoms with van der Waals surface area (Å²) >= 11 is 4.80. The Balaban J connectivity index is 1.90. The van der Waals surface area contributed by atoms with E-state index >= 15 is 0 Å². The predicted molar refractivity (Wildman–Crippen MR) is 109 cm³/mol. The number of aromatic nitrogens is 3. The number of methoxy groups -OCH3 is 1. The number of halogens is 1. The molecule has 10 heteroatoms. The zero-order valence-corrected chi connectivity index (χ0v) is 17.9. The first kappa shape index (κ1) is 20.7. The van der Waals surface area contributed by atoms with Crippen molar-refractivity contribution in [2.24, 2.45) is 0 Å². The van der Waals surface area contributed by atoms with Crippen LogP contribution >= 0.6 is 27.7 Å². The van der Waals surface area contributed by atoms with Crippen LogP contribution in [-0.4, -0.2) is 41.1 Å². The van der Waals surface area contributed by atoms with E-state index < -0.39 is 5.97 Å². The molecule has 0 aliphatic carbocycles. The number of carbonyl (C=O) groups is 1. The van der Waals surface area contributed by atoms with Crippen LogP contribution in [0.4, 0.5) is 0 Å². The van der Waals surface area contributed by atoms with E-state index in [9.17, 15) is 9.59 Å². The third-order valence-electron chi connectivity index (χ3n) is 4.01. The second-order valence-electron chi connectivity index (χ2n) is 5.87. The Morgan fingerprint density at radius 2 is 2.25 bits per heavy atom. The summed E-state index contributed by atoms with van der Waals surface area (Å²) in [5.41, 5.74) is 1.03. The van der Waals surface area contributed by atoms with Crippen LogP contribution in [0, 0.1) is 0 Å². The van der Waals surface area contributed by atoms with E-state index in [1.807, 2.05) is 12.1 Å². The van der Waals surface area contributed by atoms with Gasteiger partial charge in [0.2, 0.25) is 5.76 Å². The zero-order chi connectivity index (χ0) is 20.1. The Morgan fingerprint density at radius 3 is 3.00 bits per heavy atom. The van der Waals surface area contributed by atoms with E-state index in [-0.39, 0.29) is 18.1 Å². The van der Waals surface area contributed by atoms with Crippen molar-refractivity contribution >= 4 is 44.6 Å². The van der Waals surface area contributed by atoms with Crippen molar-refractivity contribution in [3.63, 3.8) is 0 Å². The van der Waals surface area contributed by atoms with Gasteiger partial charge in [0.25, 0.3) is 0 Å². The number of thioether (sulfide) groups is 1. The Morgan fingerprint density at radius 1 is 1.43 bits per heavy atom. The Bertz CT molecular complexity index is 1030. The summed E-state index contributed by atoms with van der Waals surface area (Å²) in [4.78, 5) is 24.4. The highest BCUT2D eigenvalue weighted by molar-refractivity contribution is 9.10. The number of furan rings is 1. The summed E-state index contributed by atoms with van der Waals surface area (Å²) in [5, 5.41) is 7.92. The summed E-state index contributed by atoms with van der Waals surface area (Å²) in [6.07, 6.45) is 0.694. The van der Waals surface area contributed by atoms with Crippen LogP contribution in [0.2, 0.25) is 0 Å². The third-order valence-corrected chi connectivity index (χ3v) is 5.51. The molecule has 0 aliphatic heterocycles. The number of fused-ring (bicyclic) bond motifs is 1. The predicted octanol–water partition coefficient (Wildman–Crippen LogP) is 3.59. The van der Waals surface area contributed by atoms with Gasteiger partial charge < -0.3 is 13.9 Å². The molecule has 0 aliphatic rings. The highest BCUT2D eigenvalue weighted by Gasteiger charge is 2.23. The molecule has 0 amide bonds. The maximum absolute atomic E-state index is 12.3. The standard InChI is InChI=1S/C18H20BrN3O5S/c1-3-26-16(23)15-13(12-9-11(19)5-6-14(12)27-15)10-28-18-21-20-17(24)22(18)7-4-8-25-2/h5-6,9H,3-4,7-8,10H2,1-2H3,(H,20,24). The van der Waals surface area contributed by atoms with Gasteiger partial charge in [-0.3, -0.25) is 4.57 Å². The van der Waals surface area contributed by atoms with Gasteiger partial charge in [0.15, 0.2) is 5.16 Å². The fourth-order valence-electron chi connectivity index (χ4n) is 2.74. The lowest BCUT2D eigenvalue weighted by Crippen LogP contribution is -2.18. The second kappa shape index (κ2) is 9.44. The second-order valence-corrected chi connectivity index (χ2v) is 7.73. The average molecular weight is 470 g/mol. The topological polar surface area (TPSA) is 99.4 Å². The molecule has 1 N–H and O–H groups in total. The minimum Gasteiger partial charge on any atom is -0.460 e. The number of esters is 1. The number of nitrogens with one attached hydrogen (secondary N) is 1. The van der Waals surface area contributed by atoms with Gasteiger partial charge in [-0.1, -0.05) is 27.7 Å². The fraction of sp³-hybridized carbons (Fsp3) is 0.389. The maximum Gasteiger partial charge on any atom is 0.374 e. The van der Waals surface area contributed by atoms with Crippen LogP contribution < -0.4 is 5.69 Å². The van der Waals surface area contributed by atoms with Crippen molar-refractivity contribution < 1.29 is 18.7 Å². The molecule has 0 spiro atoms. The minimum atomic E-state index is -0.509. The van der Waals surface area contributed by atoms with Crippen LogP contribution in [0.25, 0.3) is 11.0 Å². The zero-order valence-electron chi connectivity index (χ0n) is 15.5. The number of ether oxygens (including phenoxy) is 2. The summed E-state index contributed by atoms with van der Waals surface area (Å²) in [6.45, 7) is 3.04. The summed E-state index contributed by atoms with van der Waals surface area (Å²) in [5.74, 6) is 0.0582. The number of benzene rings is 1. The quantitative estimate of drug-likeness (QED) is 0.290. The van der Waals surface area contributed by atoms with Crippen LogP contribution in [0.3, 0.4) is 0 Å². The molecule has 0 fully saturated rings. The first-order valence-electron chi connectivity index (χ1n) is 8.70.